The molecule has 1 aliphatic carbocycles. The third kappa shape index (κ3) is 3.37. The van der Waals surface area contributed by atoms with E-state index in [1.807, 2.05) is 13.8 Å². The SMILES string of the molecule is Cc1cc(F)ccc1NC(=O)C1C(c2ccc(S(N)(=O)=O)cc2)C1(C)C. The van der Waals surface area contributed by atoms with Crippen molar-refractivity contribution in [3.05, 3.63) is 59.4 Å². The van der Waals surface area contributed by atoms with Gasteiger partial charge in [-0.3, -0.25) is 4.79 Å². The zero-order valence-corrected chi connectivity index (χ0v) is 15.6. The Bertz CT molecular complexity index is 969. The smallest absolute Gasteiger partial charge is 0.238 e. The second kappa shape index (κ2) is 6.17. The van der Waals surface area contributed by atoms with Gasteiger partial charge < -0.3 is 5.32 Å². The first-order valence-corrected chi connectivity index (χ1v) is 9.76. The van der Waals surface area contributed by atoms with E-state index in [9.17, 15) is 17.6 Å². The molecule has 1 saturated carbocycles. The average Bonchev–Trinajstić information content (AvgIpc) is 3.12. The largest absolute Gasteiger partial charge is 0.326 e. The van der Waals surface area contributed by atoms with Crippen LogP contribution in [-0.4, -0.2) is 14.3 Å². The molecular formula is C19H21FN2O3S. The lowest BCUT2D eigenvalue weighted by Crippen LogP contribution is -2.17. The molecule has 3 rings (SSSR count). The van der Waals surface area contributed by atoms with Crippen LogP contribution in [0.3, 0.4) is 0 Å². The number of sulfonamides is 1. The van der Waals surface area contributed by atoms with Crippen LogP contribution in [0.2, 0.25) is 0 Å². The Morgan fingerprint density at radius 1 is 1.15 bits per heavy atom. The molecule has 0 aliphatic heterocycles. The molecule has 0 radical (unpaired) electrons. The van der Waals surface area contributed by atoms with Gasteiger partial charge in [0.1, 0.15) is 5.82 Å². The van der Waals surface area contributed by atoms with E-state index in [-0.39, 0.29) is 33.9 Å². The maximum Gasteiger partial charge on any atom is 0.238 e. The normalized spacial score (nSPS) is 21.3. The van der Waals surface area contributed by atoms with Crippen molar-refractivity contribution in [2.45, 2.75) is 31.6 Å². The highest BCUT2D eigenvalue weighted by atomic mass is 32.2. The Hall–Kier alpha value is -2.25. The van der Waals surface area contributed by atoms with Gasteiger partial charge in [-0.25, -0.2) is 17.9 Å². The van der Waals surface area contributed by atoms with Crippen molar-refractivity contribution in [3.63, 3.8) is 0 Å². The van der Waals surface area contributed by atoms with Crippen molar-refractivity contribution in [2.75, 3.05) is 5.32 Å². The highest BCUT2D eigenvalue weighted by Crippen LogP contribution is 2.64. The lowest BCUT2D eigenvalue weighted by atomic mass is 10.0. The molecular weight excluding hydrogens is 355 g/mol. The lowest BCUT2D eigenvalue weighted by molar-refractivity contribution is -0.118. The number of amides is 1. The highest BCUT2D eigenvalue weighted by molar-refractivity contribution is 7.89. The van der Waals surface area contributed by atoms with E-state index in [0.717, 1.165) is 5.56 Å². The number of benzene rings is 2. The molecule has 0 bridgehead atoms. The Morgan fingerprint density at radius 3 is 2.31 bits per heavy atom. The van der Waals surface area contributed by atoms with Crippen LogP contribution in [0.5, 0.6) is 0 Å². The Morgan fingerprint density at radius 2 is 1.77 bits per heavy atom. The summed E-state index contributed by atoms with van der Waals surface area (Å²) in [6.07, 6.45) is 0. The number of carbonyl (C=O) groups excluding carboxylic acids is 1. The quantitative estimate of drug-likeness (QED) is 0.859. The van der Waals surface area contributed by atoms with Crippen LogP contribution in [0.15, 0.2) is 47.4 Å². The fraction of sp³-hybridized carbons (Fsp3) is 0.316. The summed E-state index contributed by atoms with van der Waals surface area (Å²) in [7, 11) is -3.74. The Balaban J connectivity index is 1.80. The van der Waals surface area contributed by atoms with Crippen LogP contribution in [0.1, 0.15) is 30.9 Å². The number of nitrogens with one attached hydrogen (secondary N) is 1. The molecule has 0 heterocycles. The van der Waals surface area contributed by atoms with Gasteiger partial charge in [0, 0.05) is 11.6 Å². The van der Waals surface area contributed by atoms with E-state index in [1.54, 1.807) is 25.1 Å². The first-order chi connectivity index (χ1) is 12.0. The fourth-order valence-corrected chi connectivity index (χ4v) is 4.11. The van der Waals surface area contributed by atoms with Crippen molar-refractivity contribution in [3.8, 4) is 0 Å². The molecule has 1 fully saturated rings. The van der Waals surface area contributed by atoms with Crippen LogP contribution in [0.25, 0.3) is 0 Å². The number of rotatable bonds is 4. The average molecular weight is 376 g/mol. The van der Waals surface area contributed by atoms with Gasteiger partial charge in [0.05, 0.1) is 10.8 Å². The van der Waals surface area contributed by atoms with Crippen molar-refractivity contribution in [2.24, 2.45) is 16.5 Å². The first-order valence-electron chi connectivity index (χ1n) is 8.21. The zero-order chi connectivity index (χ0) is 19.3. The molecule has 0 aromatic heterocycles. The molecule has 1 aliphatic rings. The minimum atomic E-state index is -3.74. The maximum atomic E-state index is 13.2. The summed E-state index contributed by atoms with van der Waals surface area (Å²) in [5.74, 6) is -0.768. The molecule has 0 spiro atoms. The van der Waals surface area contributed by atoms with E-state index >= 15 is 0 Å². The number of aryl methyl sites for hydroxylation is 1. The van der Waals surface area contributed by atoms with Crippen molar-refractivity contribution >= 4 is 21.6 Å². The molecule has 5 nitrogen and oxygen atoms in total. The number of anilines is 1. The van der Waals surface area contributed by atoms with Gasteiger partial charge in [-0.2, -0.15) is 0 Å². The number of nitrogens with two attached hydrogens (primary N) is 1. The van der Waals surface area contributed by atoms with Crippen molar-refractivity contribution in [1.29, 1.82) is 0 Å². The molecule has 0 saturated heterocycles. The summed E-state index contributed by atoms with van der Waals surface area (Å²) < 4.78 is 36.0. The Kier molecular flexibility index (Phi) is 4.40. The third-order valence-corrected chi connectivity index (χ3v) is 6.05. The number of halogens is 1. The van der Waals surface area contributed by atoms with Gasteiger partial charge in [0.2, 0.25) is 15.9 Å². The van der Waals surface area contributed by atoms with Crippen LogP contribution in [0, 0.1) is 24.1 Å². The van der Waals surface area contributed by atoms with Gasteiger partial charge in [-0.05, 0) is 53.8 Å². The van der Waals surface area contributed by atoms with Crippen molar-refractivity contribution in [1.82, 2.24) is 0 Å². The summed E-state index contributed by atoms with van der Waals surface area (Å²) in [6, 6.07) is 10.5. The summed E-state index contributed by atoms with van der Waals surface area (Å²) in [5, 5.41) is 7.99. The molecule has 2 aromatic rings. The van der Waals surface area contributed by atoms with E-state index in [2.05, 4.69) is 5.32 Å². The summed E-state index contributed by atoms with van der Waals surface area (Å²) >= 11 is 0. The first kappa shape index (κ1) is 18.5. The van der Waals surface area contributed by atoms with Crippen LogP contribution >= 0.6 is 0 Å². The number of hydrogen-bond donors (Lipinski definition) is 2. The zero-order valence-electron chi connectivity index (χ0n) is 14.8. The van der Waals surface area contributed by atoms with Gasteiger partial charge in [0.25, 0.3) is 0 Å². The van der Waals surface area contributed by atoms with Gasteiger partial charge in [-0.15, -0.1) is 0 Å². The lowest BCUT2D eigenvalue weighted by Gasteiger charge is -2.09. The molecule has 7 heteroatoms. The minimum Gasteiger partial charge on any atom is -0.326 e. The van der Waals surface area contributed by atoms with Gasteiger partial charge >= 0.3 is 0 Å². The molecule has 26 heavy (non-hydrogen) atoms. The predicted molar refractivity (Wildman–Crippen MR) is 97.6 cm³/mol. The second-order valence-electron chi connectivity index (χ2n) is 7.34. The summed E-state index contributed by atoms with van der Waals surface area (Å²) in [5.41, 5.74) is 1.87. The minimum absolute atomic E-state index is 0.0298. The molecule has 2 aromatic carbocycles. The number of hydrogen-bond acceptors (Lipinski definition) is 3. The van der Waals surface area contributed by atoms with Crippen LogP contribution in [0.4, 0.5) is 10.1 Å². The van der Waals surface area contributed by atoms with E-state index in [0.29, 0.717) is 11.3 Å². The topological polar surface area (TPSA) is 89.3 Å². The van der Waals surface area contributed by atoms with Crippen molar-refractivity contribution < 1.29 is 17.6 Å². The highest BCUT2D eigenvalue weighted by Gasteiger charge is 2.62. The monoisotopic (exact) mass is 376 g/mol. The summed E-state index contributed by atoms with van der Waals surface area (Å²) in [4.78, 5) is 12.8. The summed E-state index contributed by atoms with van der Waals surface area (Å²) in [6.45, 7) is 5.72. The van der Waals surface area contributed by atoms with Crippen LogP contribution in [-0.2, 0) is 14.8 Å². The van der Waals surface area contributed by atoms with E-state index in [1.165, 1.54) is 24.3 Å². The number of primary sulfonamides is 1. The molecule has 2 atom stereocenters. The van der Waals surface area contributed by atoms with Crippen LogP contribution < -0.4 is 10.5 Å². The second-order valence-corrected chi connectivity index (χ2v) is 8.90. The molecule has 1 amide bonds. The van der Waals surface area contributed by atoms with Gasteiger partial charge in [0.15, 0.2) is 0 Å². The molecule has 138 valence electrons. The number of carbonyl (C=O) groups is 1. The third-order valence-electron chi connectivity index (χ3n) is 5.12. The Labute approximate surface area is 152 Å². The van der Waals surface area contributed by atoms with Gasteiger partial charge in [-0.1, -0.05) is 26.0 Å². The van der Waals surface area contributed by atoms with E-state index in [4.69, 9.17) is 5.14 Å². The maximum absolute atomic E-state index is 13.2. The standard InChI is InChI=1S/C19H21FN2O3S/c1-11-10-13(20)6-9-15(11)22-18(23)17-16(19(17,2)3)12-4-7-14(8-5-12)26(21,24)25/h4-10,16-17H,1-3H3,(H,22,23)(H2,21,24,25). The molecule has 3 N–H and O–H groups in total. The fourth-order valence-electron chi connectivity index (χ4n) is 3.59. The van der Waals surface area contributed by atoms with E-state index < -0.39 is 10.0 Å². The molecule has 2 unspecified atom stereocenters. The predicted octanol–water partition coefficient (Wildman–Crippen LogP) is 3.16.